The second kappa shape index (κ2) is 7.04. The number of fused-ring (bicyclic) bond motifs is 1. The van der Waals surface area contributed by atoms with Crippen LogP contribution in [-0.4, -0.2) is 62.4 Å². The normalized spacial score (nSPS) is 30.3. The summed E-state index contributed by atoms with van der Waals surface area (Å²) in [4.78, 5) is 0.376. The number of hydrogen-bond acceptors (Lipinski definition) is 6. The molecule has 3 heterocycles. The minimum Gasteiger partial charge on any atom is -0.307 e. The molecule has 1 aromatic carbocycles. The third kappa shape index (κ3) is 3.80. The number of rotatable bonds is 4. The topological polar surface area (TPSA) is 61.4 Å². The van der Waals surface area contributed by atoms with E-state index in [0.29, 0.717) is 17.0 Å². The lowest BCUT2D eigenvalue weighted by molar-refractivity contribution is 0.206. The molecule has 7 heteroatoms. The van der Waals surface area contributed by atoms with Crippen molar-refractivity contribution in [1.82, 2.24) is 15.8 Å². The van der Waals surface area contributed by atoms with E-state index in [2.05, 4.69) is 33.6 Å². The van der Waals surface area contributed by atoms with Gasteiger partial charge in [-0.05, 0) is 41.9 Å². The summed E-state index contributed by atoms with van der Waals surface area (Å²) in [5, 5.41) is 6.76. The Labute approximate surface area is 154 Å². The summed E-state index contributed by atoms with van der Waals surface area (Å²) in [6.45, 7) is 2.89. The summed E-state index contributed by atoms with van der Waals surface area (Å²) in [7, 11) is -3.14. The van der Waals surface area contributed by atoms with Crippen LogP contribution in [0.4, 0.5) is 0 Å². The van der Waals surface area contributed by atoms with E-state index in [9.17, 15) is 8.42 Å². The van der Waals surface area contributed by atoms with Gasteiger partial charge in [-0.2, -0.15) is 11.8 Å². The Morgan fingerprint density at radius 2 is 2.08 bits per heavy atom. The SMILES string of the molecule is CS(=O)(=O)c1ccc(C2=CC3C(CNN3CC3CCCS3)NC2)cc1. The molecular formula is C18H25N3O2S2. The van der Waals surface area contributed by atoms with Crippen molar-refractivity contribution in [3.63, 3.8) is 0 Å². The number of hydrogen-bond donors (Lipinski definition) is 2. The highest BCUT2D eigenvalue weighted by Crippen LogP contribution is 2.30. The fraction of sp³-hybridized carbons (Fsp3) is 0.556. The van der Waals surface area contributed by atoms with Gasteiger partial charge in [-0.25, -0.2) is 13.4 Å². The molecule has 3 unspecified atom stereocenters. The van der Waals surface area contributed by atoms with E-state index in [-0.39, 0.29) is 0 Å². The first kappa shape index (κ1) is 17.5. The number of nitrogens with zero attached hydrogens (tertiary/aromatic N) is 1. The van der Waals surface area contributed by atoms with Crippen molar-refractivity contribution < 1.29 is 8.42 Å². The van der Waals surface area contributed by atoms with Crippen LogP contribution in [0.1, 0.15) is 18.4 Å². The Balaban J connectivity index is 1.52. The van der Waals surface area contributed by atoms with Crippen LogP contribution in [0.5, 0.6) is 0 Å². The third-order valence-electron chi connectivity index (χ3n) is 5.29. The maximum absolute atomic E-state index is 11.6. The minimum absolute atomic E-state index is 0.361. The highest BCUT2D eigenvalue weighted by Gasteiger charge is 2.36. The number of sulfone groups is 1. The summed E-state index contributed by atoms with van der Waals surface area (Å²) in [6.07, 6.45) is 6.26. The van der Waals surface area contributed by atoms with E-state index < -0.39 is 9.84 Å². The van der Waals surface area contributed by atoms with Gasteiger partial charge in [-0.15, -0.1) is 0 Å². The molecule has 0 saturated carbocycles. The van der Waals surface area contributed by atoms with E-state index in [1.165, 1.54) is 30.4 Å². The Kier molecular flexibility index (Phi) is 4.94. The zero-order valence-corrected chi connectivity index (χ0v) is 16.1. The predicted octanol–water partition coefficient (Wildman–Crippen LogP) is 1.53. The number of hydrazine groups is 1. The quantitative estimate of drug-likeness (QED) is 0.827. The Morgan fingerprint density at radius 1 is 1.28 bits per heavy atom. The van der Waals surface area contributed by atoms with Crippen molar-refractivity contribution in [3.05, 3.63) is 35.9 Å². The van der Waals surface area contributed by atoms with Gasteiger partial charge < -0.3 is 5.32 Å². The van der Waals surface area contributed by atoms with Crippen molar-refractivity contribution in [2.24, 2.45) is 0 Å². The molecular weight excluding hydrogens is 354 g/mol. The molecule has 3 atom stereocenters. The summed E-state index contributed by atoms with van der Waals surface area (Å²) < 4.78 is 23.3. The van der Waals surface area contributed by atoms with Gasteiger partial charge in [0.2, 0.25) is 0 Å². The summed E-state index contributed by atoms with van der Waals surface area (Å²) in [5.74, 6) is 1.29. The summed E-state index contributed by atoms with van der Waals surface area (Å²) in [6, 6.07) is 8.06. The van der Waals surface area contributed by atoms with E-state index in [1.807, 2.05) is 12.1 Å². The van der Waals surface area contributed by atoms with Crippen molar-refractivity contribution in [2.45, 2.75) is 35.1 Å². The van der Waals surface area contributed by atoms with E-state index in [4.69, 9.17) is 0 Å². The van der Waals surface area contributed by atoms with Gasteiger partial charge in [0.1, 0.15) is 0 Å². The van der Waals surface area contributed by atoms with Crippen LogP contribution in [0.15, 0.2) is 35.2 Å². The second-order valence-electron chi connectivity index (χ2n) is 7.12. The fourth-order valence-corrected chi connectivity index (χ4v) is 5.77. The molecule has 136 valence electrons. The lowest BCUT2D eigenvalue weighted by Gasteiger charge is -2.31. The Morgan fingerprint density at radius 3 is 2.76 bits per heavy atom. The molecule has 1 aromatic rings. The van der Waals surface area contributed by atoms with Crippen LogP contribution in [0, 0.1) is 0 Å². The maximum Gasteiger partial charge on any atom is 0.175 e. The van der Waals surface area contributed by atoms with Crippen LogP contribution in [-0.2, 0) is 9.84 Å². The van der Waals surface area contributed by atoms with Gasteiger partial charge in [-0.1, -0.05) is 18.2 Å². The zero-order chi connectivity index (χ0) is 17.4. The first-order chi connectivity index (χ1) is 12.0. The van der Waals surface area contributed by atoms with Crippen molar-refractivity contribution in [3.8, 4) is 0 Å². The minimum atomic E-state index is -3.14. The number of thioether (sulfide) groups is 1. The highest BCUT2D eigenvalue weighted by atomic mass is 32.2. The lowest BCUT2D eigenvalue weighted by Crippen LogP contribution is -2.48. The third-order valence-corrected chi connectivity index (χ3v) is 7.80. The summed E-state index contributed by atoms with van der Waals surface area (Å²) >= 11 is 2.09. The molecule has 0 aromatic heterocycles. The van der Waals surface area contributed by atoms with Crippen LogP contribution in [0.2, 0.25) is 0 Å². The molecule has 2 saturated heterocycles. The van der Waals surface area contributed by atoms with Crippen molar-refractivity contribution >= 4 is 27.2 Å². The maximum atomic E-state index is 11.6. The van der Waals surface area contributed by atoms with Gasteiger partial charge in [0, 0.05) is 37.2 Å². The van der Waals surface area contributed by atoms with Gasteiger partial charge >= 0.3 is 0 Å². The standard InChI is InChI=1S/C18H25N3O2S2/c1-25(22,23)16-6-4-13(5-7-16)14-9-18-17(19-10-14)11-20-21(18)12-15-3-2-8-24-15/h4-7,9,15,17-20H,2-3,8,10-12H2,1H3. The number of benzene rings is 1. The van der Waals surface area contributed by atoms with Gasteiger partial charge in [0.25, 0.3) is 0 Å². The predicted molar refractivity (Wildman–Crippen MR) is 103 cm³/mol. The molecule has 25 heavy (non-hydrogen) atoms. The molecule has 3 aliphatic rings. The van der Waals surface area contributed by atoms with Crippen LogP contribution in [0.3, 0.4) is 0 Å². The smallest absolute Gasteiger partial charge is 0.175 e. The van der Waals surface area contributed by atoms with E-state index in [1.54, 1.807) is 12.1 Å². The summed E-state index contributed by atoms with van der Waals surface area (Å²) in [5.41, 5.74) is 5.90. The molecule has 2 N–H and O–H groups in total. The molecule has 0 spiro atoms. The lowest BCUT2D eigenvalue weighted by atomic mass is 9.96. The second-order valence-corrected chi connectivity index (χ2v) is 10.5. The highest BCUT2D eigenvalue weighted by molar-refractivity contribution is 8.00. The van der Waals surface area contributed by atoms with Crippen molar-refractivity contribution in [1.29, 1.82) is 0 Å². The molecule has 4 rings (SSSR count). The average Bonchev–Trinajstić information content (AvgIpc) is 3.24. The first-order valence-electron chi connectivity index (χ1n) is 8.87. The van der Waals surface area contributed by atoms with E-state index >= 15 is 0 Å². The molecule has 5 nitrogen and oxygen atoms in total. The Bertz CT molecular complexity index is 755. The van der Waals surface area contributed by atoms with E-state index in [0.717, 1.165) is 30.4 Å². The van der Waals surface area contributed by atoms with Crippen LogP contribution < -0.4 is 10.7 Å². The molecule has 0 radical (unpaired) electrons. The first-order valence-corrected chi connectivity index (χ1v) is 11.8. The largest absolute Gasteiger partial charge is 0.307 e. The van der Waals surface area contributed by atoms with Crippen LogP contribution in [0.25, 0.3) is 5.57 Å². The van der Waals surface area contributed by atoms with Gasteiger partial charge in [0.15, 0.2) is 9.84 Å². The molecule has 2 fully saturated rings. The van der Waals surface area contributed by atoms with Crippen LogP contribution >= 0.6 is 11.8 Å². The molecule has 3 aliphatic heterocycles. The molecule has 0 amide bonds. The fourth-order valence-electron chi connectivity index (χ4n) is 3.87. The Hall–Kier alpha value is -0.860. The molecule has 0 bridgehead atoms. The van der Waals surface area contributed by atoms with Crippen molar-refractivity contribution in [2.75, 3.05) is 31.6 Å². The average molecular weight is 380 g/mol. The monoisotopic (exact) mass is 379 g/mol. The number of nitrogens with one attached hydrogen (secondary N) is 2. The van der Waals surface area contributed by atoms with Gasteiger partial charge in [-0.3, -0.25) is 5.43 Å². The molecule has 0 aliphatic carbocycles. The van der Waals surface area contributed by atoms with Gasteiger partial charge in [0.05, 0.1) is 10.9 Å². The zero-order valence-electron chi connectivity index (χ0n) is 14.4.